The van der Waals surface area contributed by atoms with E-state index in [1.54, 1.807) is 0 Å². The molecule has 0 aliphatic carbocycles. The smallest absolute Gasteiger partial charge is 0.0506 e. The van der Waals surface area contributed by atoms with E-state index in [0.29, 0.717) is 6.04 Å². The van der Waals surface area contributed by atoms with Gasteiger partial charge in [0.25, 0.3) is 0 Å². The highest BCUT2D eigenvalue weighted by atomic mass is 15.1. The third kappa shape index (κ3) is 2.23. The number of nitrogens with zero attached hydrogens (tertiary/aromatic N) is 2. The molecule has 0 unspecified atom stereocenters. The Hall–Kier alpha value is -1.48. The molecule has 0 saturated carbocycles. The van der Waals surface area contributed by atoms with Gasteiger partial charge in [0, 0.05) is 29.9 Å². The second-order valence-electron chi connectivity index (χ2n) is 5.88. The van der Waals surface area contributed by atoms with Crippen LogP contribution in [0.5, 0.6) is 0 Å². The van der Waals surface area contributed by atoms with Crippen molar-refractivity contribution < 1.29 is 0 Å². The number of rotatable bonds is 3. The molecule has 1 fully saturated rings. The zero-order chi connectivity index (χ0) is 13.4. The quantitative estimate of drug-likeness (QED) is 0.855. The fourth-order valence-electron chi connectivity index (χ4n) is 3.15. The summed E-state index contributed by atoms with van der Waals surface area (Å²) >= 11 is 0. The number of nitrogens with two attached hydrogens (primary N) is 1. The molecule has 2 N–H and O–H groups in total. The molecule has 0 atom stereocenters. The second kappa shape index (κ2) is 4.89. The monoisotopic (exact) mass is 257 g/mol. The van der Waals surface area contributed by atoms with Gasteiger partial charge in [-0.2, -0.15) is 0 Å². The molecule has 0 radical (unpaired) electrons. The average molecular weight is 257 g/mol. The highest BCUT2D eigenvalue weighted by Gasteiger charge is 2.17. The lowest BCUT2D eigenvalue weighted by molar-refractivity contribution is 0.332. The van der Waals surface area contributed by atoms with Crippen molar-refractivity contribution in [1.82, 2.24) is 9.47 Å². The minimum absolute atomic E-state index is 0.469. The summed E-state index contributed by atoms with van der Waals surface area (Å²) < 4.78 is 2.34. The van der Waals surface area contributed by atoms with Crippen molar-refractivity contribution in [3.63, 3.8) is 0 Å². The van der Waals surface area contributed by atoms with Crippen LogP contribution in [0.1, 0.15) is 38.3 Å². The number of hydrogen-bond donors (Lipinski definition) is 1. The topological polar surface area (TPSA) is 34.2 Å². The van der Waals surface area contributed by atoms with E-state index in [1.165, 1.54) is 42.4 Å². The van der Waals surface area contributed by atoms with Crippen LogP contribution in [0.2, 0.25) is 0 Å². The SMILES string of the molecule is CC(C)n1cc(CN2CCCC2)c2c(N)cccc21. The van der Waals surface area contributed by atoms with Crippen LogP contribution < -0.4 is 5.73 Å². The maximum Gasteiger partial charge on any atom is 0.0506 e. The largest absolute Gasteiger partial charge is 0.398 e. The highest BCUT2D eigenvalue weighted by molar-refractivity contribution is 5.94. The normalized spacial score (nSPS) is 16.8. The first-order chi connectivity index (χ1) is 9.16. The van der Waals surface area contributed by atoms with E-state index in [-0.39, 0.29) is 0 Å². The summed E-state index contributed by atoms with van der Waals surface area (Å²) in [5, 5.41) is 1.25. The zero-order valence-corrected chi connectivity index (χ0v) is 11.9. The first-order valence-corrected chi connectivity index (χ1v) is 7.27. The van der Waals surface area contributed by atoms with Crippen molar-refractivity contribution >= 4 is 16.6 Å². The van der Waals surface area contributed by atoms with Crippen molar-refractivity contribution in [1.29, 1.82) is 0 Å². The van der Waals surface area contributed by atoms with E-state index in [1.807, 2.05) is 6.07 Å². The molecule has 0 spiro atoms. The molecule has 3 rings (SSSR count). The molecule has 1 aliphatic heterocycles. The molecular weight excluding hydrogens is 234 g/mol. The number of benzene rings is 1. The number of anilines is 1. The van der Waals surface area contributed by atoms with Gasteiger partial charge in [-0.05, 0) is 57.5 Å². The van der Waals surface area contributed by atoms with Gasteiger partial charge in [-0.25, -0.2) is 0 Å². The molecule has 3 heteroatoms. The minimum Gasteiger partial charge on any atom is -0.398 e. The Bertz CT molecular complexity index is 577. The first kappa shape index (κ1) is 12.5. The van der Waals surface area contributed by atoms with E-state index in [4.69, 9.17) is 5.73 Å². The molecular formula is C16H23N3. The summed E-state index contributed by atoms with van der Waals surface area (Å²) in [4.78, 5) is 2.53. The standard InChI is InChI=1S/C16H23N3/c1-12(2)19-11-13(10-18-8-3-4-9-18)16-14(17)6-5-7-15(16)19/h5-7,11-12H,3-4,8-10,17H2,1-2H3. The van der Waals surface area contributed by atoms with Crippen LogP contribution in [0.15, 0.2) is 24.4 Å². The Morgan fingerprint density at radius 3 is 2.63 bits per heavy atom. The van der Waals surface area contributed by atoms with Gasteiger partial charge in [-0.15, -0.1) is 0 Å². The van der Waals surface area contributed by atoms with Crippen molar-refractivity contribution in [2.75, 3.05) is 18.8 Å². The Morgan fingerprint density at radius 1 is 1.21 bits per heavy atom. The number of hydrogen-bond acceptors (Lipinski definition) is 2. The summed E-state index contributed by atoms with van der Waals surface area (Å²) in [6, 6.07) is 6.71. The van der Waals surface area contributed by atoms with E-state index in [9.17, 15) is 0 Å². The van der Waals surface area contributed by atoms with E-state index in [2.05, 4.69) is 41.6 Å². The van der Waals surface area contributed by atoms with Crippen LogP contribution in [-0.2, 0) is 6.54 Å². The molecule has 102 valence electrons. The molecule has 0 bridgehead atoms. The third-order valence-electron chi connectivity index (χ3n) is 4.12. The molecule has 1 aromatic carbocycles. The van der Waals surface area contributed by atoms with Gasteiger partial charge in [0.2, 0.25) is 0 Å². The van der Waals surface area contributed by atoms with Crippen LogP contribution in [0.4, 0.5) is 5.69 Å². The lowest BCUT2D eigenvalue weighted by Gasteiger charge is -2.14. The van der Waals surface area contributed by atoms with Crippen molar-refractivity contribution in [2.45, 2.75) is 39.3 Å². The zero-order valence-electron chi connectivity index (χ0n) is 11.9. The van der Waals surface area contributed by atoms with E-state index in [0.717, 1.165) is 12.2 Å². The molecule has 1 aliphatic rings. The van der Waals surface area contributed by atoms with Crippen molar-refractivity contribution in [3.05, 3.63) is 30.0 Å². The van der Waals surface area contributed by atoms with E-state index >= 15 is 0 Å². The molecule has 19 heavy (non-hydrogen) atoms. The highest BCUT2D eigenvalue weighted by Crippen LogP contribution is 2.30. The van der Waals surface area contributed by atoms with Crippen LogP contribution in [-0.4, -0.2) is 22.6 Å². The minimum atomic E-state index is 0.469. The molecule has 1 aromatic heterocycles. The van der Waals surface area contributed by atoms with Gasteiger partial charge >= 0.3 is 0 Å². The Kier molecular flexibility index (Phi) is 3.23. The number of nitrogen functional groups attached to an aromatic ring is 1. The first-order valence-electron chi connectivity index (χ1n) is 7.27. The van der Waals surface area contributed by atoms with Gasteiger partial charge in [0.1, 0.15) is 0 Å². The van der Waals surface area contributed by atoms with Crippen molar-refractivity contribution in [2.24, 2.45) is 0 Å². The summed E-state index contributed by atoms with van der Waals surface area (Å²) in [5.41, 5.74) is 9.77. The van der Waals surface area contributed by atoms with E-state index < -0.39 is 0 Å². The van der Waals surface area contributed by atoms with Crippen molar-refractivity contribution in [3.8, 4) is 0 Å². The summed E-state index contributed by atoms with van der Waals surface area (Å²) in [6.07, 6.45) is 4.96. The fourth-order valence-corrected chi connectivity index (χ4v) is 3.15. The third-order valence-corrected chi connectivity index (χ3v) is 4.12. The fraction of sp³-hybridized carbons (Fsp3) is 0.500. The summed E-state index contributed by atoms with van der Waals surface area (Å²) in [5.74, 6) is 0. The van der Waals surface area contributed by atoms with Crippen LogP contribution >= 0.6 is 0 Å². The van der Waals surface area contributed by atoms with Gasteiger partial charge in [0.05, 0.1) is 5.52 Å². The predicted molar refractivity (Wildman–Crippen MR) is 81.2 cm³/mol. The van der Waals surface area contributed by atoms with Crippen LogP contribution in [0.25, 0.3) is 10.9 Å². The number of aromatic nitrogens is 1. The van der Waals surface area contributed by atoms with Gasteiger partial charge in [-0.3, -0.25) is 4.90 Å². The summed E-state index contributed by atoms with van der Waals surface area (Å²) in [7, 11) is 0. The van der Waals surface area contributed by atoms with Gasteiger partial charge in [0.15, 0.2) is 0 Å². The maximum absolute atomic E-state index is 6.21. The maximum atomic E-state index is 6.21. The van der Waals surface area contributed by atoms with Gasteiger partial charge < -0.3 is 10.3 Å². The average Bonchev–Trinajstić information content (AvgIpc) is 2.98. The Labute approximate surface area is 115 Å². The molecule has 1 saturated heterocycles. The lowest BCUT2D eigenvalue weighted by atomic mass is 10.1. The molecule has 3 nitrogen and oxygen atoms in total. The predicted octanol–water partition coefficient (Wildman–Crippen LogP) is 3.40. The second-order valence-corrected chi connectivity index (χ2v) is 5.88. The lowest BCUT2D eigenvalue weighted by Crippen LogP contribution is -2.18. The van der Waals surface area contributed by atoms with Crippen LogP contribution in [0.3, 0.4) is 0 Å². The number of fused-ring (bicyclic) bond motifs is 1. The molecule has 2 aromatic rings. The van der Waals surface area contributed by atoms with Gasteiger partial charge in [-0.1, -0.05) is 6.07 Å². The molecule has 2 heterocycles. The Morgan fingerprint density at radius 2 is 1.95 bits per heavy atom. The molecule has 0 amide bonds. The summed E-state index contributed by atoms with van der Waals surface area (Å²) in [6.45, 7) is 7.93. The van der Waals surface area contributed by atoms with Crippen LogP contribution in [0, 0.1) is 0 Å². The number of likely N-dealkylation sites (tertiary alicyclic amines) is 1. The Balaban J connectivity index is 2.07.